The van der Waals surface area contributed by atoms with Gasteiger partial charge in [-0.25, -0.2) is 14.6 Å². The molecule has 0 saturated carbocycles. The molecule has 0 N–H and O–H groups in total. The Hall–Kier alpha value is -3.74. The smallest absolute Gasteiger partial charge is 0.230 e. The summed E-state index contributed by atoms with van der Waals surface area (Å²) in [6.07, 6.45) is 5.70. The van der Waals surface area contributed by atoms with E-state index < -0.39 is 0 Å². The van der Waals surface area contributed by atoms with Gasteiger partial charge in [0.25, 0.3) is 0 Å². The van der Waals surface area contributed by atoms with Gasteiger partial charge in [0.1, 0.15) is 11.6 Å². The first-order chi connectivity index (χ1) is 18.6. The monoisotopic (exact) mass is 510 g/mol. The lowest BCUT2D eigenvalue weighted by Crippen LogP contribution is -2.38. The molecule has 0 unspecified atom stereocenters. The fourth-order valence-corrected chi connectivity index (χ4v) is 5.50. The van der Waals surface area contributed by atoms with Crippen LogP contribution in [0.15, 0.2) is 66.9 Å². The maximum Gasteiger partial charge on any atom is 0.230 e. The Morgan fingerprint density at radius 2 is 1.66 bits per heavy atom. The van der Waals surface area contributed by atoms with Crippen LogP contribution in [0.2, 0.25) is 0 Å². The van der Waals surface area contributed by atoms with Gasteiger partial charge in [0.2, 0.25) is 5.91 Å². The summed E-state index contributed by atoms with van der Waals surface area (Å²) in [4.78, 5) is 28.1. The third kappa shape index (κ3) is 5.28. The first-order valence-corrected chi connectivity index (χ1v) is 14.0. The molecule has 1 fully saturated rings. The molecule has 0 aliphatic carbocycles. The quantitative estimate of drug-likeness (QED) is 0.293. The minimum atomic E-state index is -0.0980. The molecule has 1 aliphatic heterocycles. The van der Waals surface area contributed by atoms with E-state index in [1.165, 1.54) is 0 Å². The molecule has 2 aromatic carbocycles. The van der Waals surface area contributed by atoms with Gasteiger partial charge in [-0.1, -0.05) is 75.7 Å². The number of amides is 1. The summed E-state index contributed by atoms with van der Waals surface area (Å²) in [6.45, 7) is 9.52. The van der Waals surface area contributed by atoms with E-state index in [9.17, 15) is 4.79 Å². The molecule has 7 nitrogen and oxygen atoms in total. The van der Waals surface area contributed by atoms with Crippen molar-refractivity contribution in [1.29, 1.82) is 0 Å². The lowest BCUT2D eigenvalue weighted by atomic mass is 9.95. The number of aromatic nitrogens is 4. The van der Waals surface area contributed by atoms with Crippen LogP contribution in [0.25, 0.3) is 16.7 Å². The van der Waals surface area contributed by atoms with Crippen LogP contribution in [0.1, 0.15) is 69.7 Å². The van der Waals surface area contributed by atoms with Crippen LogP contribution >= 0.6 is 0 Å². The lowest BCUT2D eigenvalue weighted by Gasteiger charge is -2.27. The van der Waals surface area contributed by atoms with Crippen molar-refractivity contribution in [1.82, 2.24) is 24.6 Å². The van der Waals surface area contributed by atoms with Crippen molar-refractivity contribution in [2.75, 3.05) is 31.1 Å². The van der Waals surface area contributed by atoms with Crippen LogP contribution in [-0.4, -0.2) is 56.7 Å². The van der Waals surface area contributed by atoms with Crippen LogP contribution in [0.4, 0.5) is 5.82 Å². The molecule has 5 rings (SSSR count). The first kappa shape index (κ1) is 25.9. The molecule has 2 aromatic heterocycles. The van der Waals surface area contributed by atoms with E-state index >= 15 is 0 Å². The average molecular weight is 511 g/mol. The second kappa shape index (κ2) is 11.8. The van der Waals surface area contributed by atoms with Crippen LogP contribution in [0.3, 0.4) is 0 Å². The van der Waals surface area contributed by atoms with Gasteiger partial charge in [-0.05, 0) is 37.0 Å². The van der Waals surface area contributed by atoms with Crippen molar-refractivity contribution in [3.8, 4) is 5.69 Å². The standard InChI is InChI=1S/C31H38N6O/c1-4-13-23(3)28-33-29(27-22-32-37(30(27)34-28)25-16-10-7-11-17-25)35-18-12-19-36(21-20-35)31(38)26(5-2)24-14-8-6-9-15-24/h6-11,14-17,22-23,26H,4-5,12-13,18-21H2,1-3H3/t23-,26-/m0/s1. The van der Waals surface area contributed by atoms with Gasteiger partial charge >= 0.3 is 0 Å². The number of hydrogen-bond acceptors (Lipinski definition) is 5. The summed E-state index contributed by atoms with van der Waals surface area (Å²) in [5.74, 6) is 2.17. The number of benzene rings is 2. The fraction of sp³-hybridized carbons (Fsp3) is 0.419. The normalized spacial score (nSPS) is 15.9. The Bertz CT molecular complexity index is 1350. The van der Waals surface area contributed by atoms with Gasteiger partial charge < -0.3 is 9.80 Å². The summed E-state index contributed by atoms with van der Waals surface area (Å²) < 4.78 is 1.92. The molecule has 0 bridgehead atoms. The second-order valence-electron chi connectivity index (χ2n) is 10.3. The maximum atomic E-state index is 13.6. The van der Waals surface area contributed by atoms with E-state index in [0.29, 0.717) is 6.54 Å². The van der Waals surface area contributed by atoms with Gasteiger partial charge in [0.15, 0.2) is 5.65 Å². The number of nitrogens with zero attached hydrogens (tertiary/aromatic N) is 6. The number of para-hydroxylation sites is 1. The Kier molecular flexibility index (Phi) is 8.01. The third-order valence-electron chi connectivity index (χ3n) is 7.60. The highest BCUT2D eigenvalue weighted by Crippen LogP contribution is 2.30. The van der Waals surface area contributed by atoms with Crippen molar-refractivity contribution >= 4 is 22.8 Å². The number of carbonyl (C=O) groups is 1. The summed E-state index contributed by atoms with van der Waals surface area (Å²) in [7, 11) is 0. The molecule has 1 amide bonds. The molecule has 2 atom stereocenters. The predicted octanol–water partition coefficient (Wildman–Crippen LogP) is 5.95. The molecular formula is C31H38N6O. The van der Waals surface area contributed by atoms with Crippen molar-refractivity contribution in [3.05, 3.63) is 78.2 Å². The summed E-state index contributed by atoms with van der Waals surface area (Å²) in [5, 5.41) is 5.68. The van der Waals surface area contributed by atoms with Crippen molar-refractivity contribution in [3.63, 3.8) is 0 Å². The highest BCUT2D eigenvalue weighted by molar-refractivity contribution is 5.88. The fourth-order valence-electron chi connectivity index (χ4n) is 5.50. The topological polar surface area (TPSA) is 67.2 Å². The zero-order chi connectivity index (χ0) is 26.5. The van der Waals surface area contributed by atoms with Gasteiger partial charge in [-0.2, -0.15) is 5.10 Å². The largest absolute Gasteiger partial charge is 0.354 e. The molecule has 38 heavy (non-hydrogen) atoms. The van der Waals surface area contributed by atoms with Gasteiger partial charge in [-0.3, -0.25) is 4.79 Å². The van der Waals surface area contributed by atoms with Crippen LogP contribution in [0.5, 0.6) is 0 Å². The number of carbonyl (C=O) groups excluding carboxylic acids is 1. The van der Waals surface area contributed by atoms with Crippen LogP contribution < -0.4 is 4.90 Å². The number of rotatable bonds is 8. The molecule has 1 aliphatic rings. The third-order valence-corrected chi connectivity index (χ3v) is 7.60. The predicted molar refractivity (Wildman–Crippen MR) is 153 cm³/mol. The van der Waals surface area contributed by atoms with E-state index in [2.05, 4.69) is 49.9 Å². The lowest BCUT2D eigenvalue weighted by molar-refractivity contribution is -0.132. The Morgan fingerprint density at radius 1 is 0.921 bits per heavy atom. The number of fused-ring (bicyclic) bond motifs is 1. The molecule has 3 heterocycles. The van der Waals surface area contributed by atoms with Crippen LogP contribution in [-0.2, 0) is 4.79 Å². The van der Waals surface area contributed by atoms with E-state index in [0.717, 1.165) is 79.2 Å². The minimum Gasteiger partial charge on any atom is -0.354 e. The molecule has 1 saturated heterocycles. The zero-order valence-corrected chi connectivity index (χ0v) is 22.8. The van der Waals surface area contributed by atoms with Crippen molar-refractivity contribution in [2.45, 2.75) is 58.3 Å². The maximum absolute atomic E-state index is 13.6. The van der Waals surface area contributed by atoms with E-state index in [-0.39, 0.29) is 17.7 Å². The molecule has 4 aromatic rings. The van der Waals surface area contributed by atoms with Gasteiger partial charge in [0, 0.05) is 32.1 Å². The van der Waals surface area contributed by atoms with Crippen molar-refractivity contribution < 1.29 is 4.79 Å². The van der Waals surface area contributed by atoms with Gasteiger partial charge in [0.05, 0.1) is 23.2 Å². The van der Waals surface area contributed by atoms with Gasteiger partial charge in [-0.15, -0.1) is 0 Å². The van der Waals surface area contributed by atoms with Crippen molar-refractivity contribution in [2.24, 2.45) is 0 Å². The molecule has 0 spiro atoms. The molecular weight excluding hydrogens is 472 g/mol. The Balaban J connectivity index is 1.45. The van der Waals surface area contributed by atoms with E-state index in [1.54, 1.807) is 0 Å². The average Bonchev–Trinajstić information content (AvgIpc) is 3.23. The van der Waals surface area contributed by atoms with E-state index in [1.807, 2.05) is 52.2 Å². The second-order valence-corrected chi connectivity index (χ2v) is 10.3. The SMILES string of the molecule is CCC[C@H](C)c1nc(N2CCCN(C(=O)[C@@H](CC)c3ccccc3)CC2)c2cnn(-c3ccccc3)c2n1. The molecule has 7 heteroatoms. The summed E-state index contributed by atoms with van der Waals surface area (Å²) >= 11 is 0. The first-order valence-electron chi connectivity index (χ1n) is 14.0. The zero-order valence-electron chi connectivity index (χ0n) is 22.8. The summed E-state index contributed by atoms with van der Waals surface area (Å²) in [5.41, 5.74) is 2.92. The number of anilines is 1. The molecule has 0 radical (unpaired) electrons. The highest BCUT2D eigenvalue weighted by Gasteiger charge is 2.28. The number of hydrogen-bond donors (Lipinski definition) is 0. The minimum absolute atomic E-state index is 0.0980. The molecule has 198 valence electrons. The summed E-state index contributed by atoms with van der Waals surface area (Å²) in [6, 6.07) is 20.3. The van der Waals surface area contributed by atoms with Crippen LogP contribution in [0, 0.1) is 0 Å². The van der Waals surface area contributed by atoms with E-state index in [4.69, 9.17) is 15.1 Å². The highest BCUT2D eigenvalue weighted by atomic mass is 16.2. The Labute approximate surface area is 225 Å². The Morgan fingerprint density at radius 3 is 2.37 bits per heavy atom.